The summed E-state index contributed by atoms with van der Waals surface area (Å²) in [5.74, 6) is 0. The Labute approximate surface area is 95.3 Å². The molecular weight excluding hydrogens is 228 g/mol. The van der Waals surface area contributed by atoms with Gasteiger partial charge >= 0.3 is 0 Å². The van der Waals surface area contributed by atoms with Crippen LogP contribution in [-0.4, -0.2) is 47.1 Å². The van der Waals surface area contributed by atoms with Gasteiger partial charge in [0, 0.05) is 19.3 Å². The monoisotopic (exact) mass is 244 g/mol. The second-order valence-electron chi connectivity index (χ2n) is 4.23. The van der Waals surface area contributed by atoms with E-state index in [1.165, 1.54) is 10.6 Å². The van der Waals surface area contributed by atoms with Crippen LogP contribution in [0.2, 0.25) is 0 Å². The van der Waals surface area contributed by atoms with E-state index in [1.54, 1.807) is 0 Å². The molecule has 6 nitrogen and oxygen atoms in total. The van der Waals surface area contributed by atoms with E-state index in [2.05, 4.69) is 10.3 Å². The van der Waals surface area contributed by atoms with Gasteiger partial charge in [0.15, 0.2) is 0 Å². The second-order valence-corrected chi connectivity index (χ2v) is 6.22. The zero-order valence-electron chi connectivity index (χ0n) is 9.50. The number of hydrogen-bond donors (Lipinski definition) is 0. The standard InChI is InChI=1S/C9H16N4O2S/c1-8-7-13(11-10-8)9-3-5-12(6-4-9)16(2,14)15/h7,9H,3-6H2,1-2H3. The average Bonchev–Trinajstić information content (AvgIpc) is 2.64. The number of hydrogen-bond acceptors (Lipinski definition) is 4. The van der Waals surface area contributed by atoms with Gasteiger partial charge in [-0.3, -0.25) is 0 Å². The Morgan fingerprint density at radius 3 is 2.44 bits per heavy atom. The highest BCUT2D eigenvalue weighted by Gasteiger charge is 2.26. The number of rotatable bonds is 2. The quantitative estimate of drug-likeness (QED) is 0.744. The molecule has 0 unspecified atom stereocenters. The predicted molar refractivity (Wildman–Crippen MR) is 59.4 cm³/mol. The van der Waals surface area contributed by atoms with E-state index >= 15 is 0 Å². The van der Waals surface area contributed by atoms with Gasteiger partial charge in [0.1, 0.15) is 0 Å². The smallest absolute Gasteiger partial charge is 0.211 e. The molecule has 1 fully saturated rings. The fourth-order valence-corrected chi connectivity index (χ4v) is 2.86. The Morgan fingerprint density at radius 2 is 2.00 bits per heavy atom. The average molecular weight is 244 g/mol. The second kappa shape index (κ2) is 4.14. The summed E-state index contributed by atoms with van der Waals surface area (Å²) in [6, 6.07) is 0.277. The van der Waals surface area contributed by atoms with Gasteiger partial charge in [0.25, 0.3) is 0 Å². The van der Waals surface area contributed by atoms with Crippen LogP contribution in [0.1, 0.15) is 24.6 Å². The lowest BCUT2D eigenvalue weighted by atomic mass is 10.1. The molecule has 1 aliphatic rings. The summed E-state index contributed by atoms with van der Waals surface area (Å²) in [7, 11) is -3.04. The van der Waals surface area contributed by atoms with Crippen LogP contribution < -0.4 is 0 Å². The van der Waals surface area contributed by atoms with Crippen LogP contribution in [0.25, 0.3) is 0 Å². The van der Waals surface area contributed by atoms with Gasteiger partial charge in [-0.05, 0) is 19.8 Å². The van der Waals surface area contributed by atoms with Crippen LogP contribution in [0.5, 0.6) is 0 Å². The lowest BCUT2D eigenvalue weighted by molar-refractivity contribution is 0.259. The van der Waals surface area contributed by atoms with E-state index in [9.17, 15) is 8.42 Å². The zero-order valence-corrected chi connectivity index (χ0v) is 10.3. The highest BCUT2D eigenvalue weighted by molar-refractivity contribution is 7.88. The maximum atomic E-state index is 11.3. The van der Waals surface area contributed by atoms with E-state index in [0.717, 1.165) is 18.5 Å². The lowest BCUT2D eigenvalue weighted by Gasteiger charge is -2.29. The van der Waals surface area contributed by atoms with E-state index < -0.39 is 10.0 Å². The minimum atomic E-state index is -3.04. The molecular formula is C9H16N4O2S. The van der Waals surface area contributed by atoms with E-state index in [1.807, 2.05) is 17.8 Å². The van der Waals surface area contributed by atoms with Crippen LogP contribution in [-0.2, 0) is 10.0 Å². The normalized spacial score (nSPS) is 20.1. The van der Waals surface area contributed by atoms with Gasteiger partial charge < -0.3 is 0 Å². The number of aromatic nitrogens is 3. The fraction of sp³-hybridized carbons (Fsp3) is 0.778. The third kappa shape index (κ3) is 2.41. The predicted octanol–water partition coefficient (Wildman–Crippen LogP) is 0.183. The number of piperidine rings is 1. The molecule has 7 heteroatoms. The zero-order chi connectivity index (χ0) is 11.8. The van der Waals surface area contributed by atoms with Crippen molar-refractivity contribution in [2.45, 2.75) is 25.8 Å². The van der Waals surface area contributed by atoms with Crippen molar-refractivity contribution < 1.29 is 8.42 Å². The molecule has 1 aromatic heterocycles. The Hall–Kier alpha value is -0.950. The van der Waals surface area contributed by atoms with Crippen LogP contribution in [0.4, 0.5) is 0 Å². The molecule has 0 amide bonds. The first kappa shape index (κ1) is 11.5. The van der Waals surface area contributed by atoms with Gasteiger partial charge in [0.2, 0.25) is 10.0 Å². The number of sulfonamides is 1. The molecule has 0 aliphatic carbocycles. The third-order valence-corrected chi connectivity index (χ3v) is 4.19. The third-order valence-electron chi connectivity index (χ3n) is 2.89. The van der Waals surface area contributed by atoms with Gasteiger partial charge in [-0.1, -0.05) is 5.21 Å². The summed E-state index contributed by atoms with van der Waals surface area (Å²) in [4.78, 5) is 0. The minimum absolute atomic E-state index is 0.277. The molecule has 1 aliphatic heterocycles. The maximum absolute atomic E-state index is 11.3. The molecule has 0 spiro atoms. The molecule has 2 rings (SSSR count). The largest absolute Gasteiger partial charge is 0.249 e. The number of nitrogens with zero attached hydrogens (tertiary/aromatic N) is 4. The molecule has 0 bridgehead atoms. The Balaban J connectivity index is 2.00. The van der Waals surface area contributed by atoms with Gasteiger partial charge in [-0.15, -0.1) is 5.10 Å². The minimum Gasteiger partial charge on any atom is -0.249 e. The van der Waals surface area contributed by atoms with Gasteiger partial charge in [-0.25, -0.2) is 17.4 Å². The topological polar surface area (TPSA) is 68.1 Å². The van der Waals surface area contributed by atoms with Crippen LogP contribution in [0.15, 0.2) is 6.20 Å². The first-order chi connectivity index (χ1) is 7.47. The van der Waals surface area contributed by atoms with Crippen LogP contribution in [0, 0.1) is 6.92 Å². The molecule has 1 aromatic rings. The molecule has 0 aromatic carbocycles. The van der Waals surface area contributed by atoms with Crippen LogP contribution in [0.3, 0.4) is 0 Å². The van der Waals surface area contributed by atoms with Crippen molar-refractivity contribution in [3.8, 4) is 0 Å². The summed E-state index contributed by atoms with van der Waals surface area (Å²) in [5.41, 5.74) is 0.894. The summed E-state index contributed by atoms with van der Waals surface area (Å²) in [6.45, 7) is 3.04. The van der Waals surface area contributed by atoms with Crippen molar-refractivity contribution >= 4 is 10.0 Å². The van der Waals surface area contributed by atoms with Crippen molar-refractivity contribution in [3.05, 3.63) is 11.9 Å². The highest BCUT2D eigenvalue weighted by atomic mass is 32.2. The maximum Gasteiger partial charge on any atom is 0.211 e. The molecule has 1 saturated heterocycles. The van der Waals surface area contributed by atoms with Crippen molar-refractivity contribution in [1.29, 1.82) is 0 Å². The molecule has 16 heavy (non-hydrogen) atoms. The molecule has 0 N–H and O–H groups in total. The summed E-state index contributed by atoms with van der Waals surface area (Å²) in [5, 5.41) is 7.97. The summed E-state index contributed by atoms with van der Waals surface area (Å²) < 4.78 is 26.0. The van der Waals surface area contributed by atoms with E-state index in [-0.39, 0.29) is 6.04 Å². The van der Waals surface area contributed by atoms with Gasteiger partial charge in [-0.2, -0.15) is 0 Å². The Morgan fingerprint density at radius 1 is 1.38 bits per heavy atom. The van der Waals surface area contributed by atoms with Crippen molar-refractivity contribution in [3.63, 3.8) is 0 Å². The SMILES string of the molecule is Cc1cn(C2CCN(S(C)(=O)=O)CC2)nn1. The summed E-state index contributed by atoms with van der Waals surface area (Å²) >= 11 is 0. The molecule has 0 radical (unpaired) electrons. The van der Waals surface area contributed by atoms with Crippen molar-refractivity contribution in [2.75, 3.05) is 19.3 Å². The Kier molecular flexibility index (Phi) is 2.98. The lowest BCUT2D eigenvalue weighted by Crippen LogP contribution is -2.38. The van der Waals surface area contributed by atoms with Crippen LogP contribution >= 0.6 is 0 Å². The molecule has 0 atom stereocenters. The fourth-order valence-electron chi connectivity index (χ4n) is 1.98. The first-order valence-corrected chi connectivity index (χ1v) is 7.15. The highest BCUT2D eigenvalue weighted by Crippen LogP contribution is 2.22. The Bertz CT molecular complexity index is 460. The molecule has 90 valence electrons. The first-order valence-electron chi connectivity index (χ1n) is 5.30. The van der Waals surface area contributed by atoms with E-state index in [4.69, 9.17) is 0 Å². The van der Waals surface area contributed by atoms with E-state index in [0.29, 0.717) is 13.1 Å². The molecule has 2 heterocycles. The number of aryl methyl sites for hydroxylation is 1. The van der Waals surface area contributed by atoms with Crippen molar-refractivity contribution in [2.24, 2.45) is 0 Å². The summed E-state index contributed by atoms with van der Waals surface area (Å²) in [6.07, 6.45) is 4.76. The van der Waals surface area contributed by atoms with Gasteiger partial charge in [0.05, 0.1) is 18.0 Å². The molecule has 0 saturated carbocycles. The van der Waals surface area contributed by atoms with Crippen molar-refractivity contribution in [1.82, 2.24) is 19.3 Å².